The second-order valence-corrected chi connectivity index (χ2v) is 9.51. The summed E-state index contributed by atoms with van der Waals surface area (Å²) in [6, 6.07) is 11.5. The van der Waals surface area contributed by atoms with Crippen molar-refractivity contribution in [3.05, 3.63) is 59.6 Å². The molecule has 1 fully saturated rings. The molecule has 3 rings (SSSR count). The largest absolute Gasteiger partial charge is 0.493 e. The monoisotopic (exact) mass is 651 g/mol. The van der Waals surface area contributed by atoms with E-state index in [0.717, 1.165) is 12.7 Å². The molecule has 2 aromatic carbocycles. The predicted molar refractivity (Wildman–Crippen MR) is 130 cm³/mol. The number of rotatable bonds is 7. The Morgan fingerprint density at radius 2 is 1.90 bits per heavy atom. The normalized spacial score (nSPS) is 15.0. The fourth-order valence-electron chi connectivity index (χ4n) is 2.62. The highest BCUT2D eigenvalue weighted by atomic mass is 127. The maximum absolute atomic E-state index is 12.3. The molecule has 30 heavy (non-hydrogen) atoms. The zero-order valence-electron chi connectivity index (χ0n) is 15.6. The van der Waals surface area contributed by atoms with Crippen LogP contribution in [0.3, 0.4) is 0 Å². The van der Waals surface area contributed by atoms with E-state index in [-0.39, 0.29) is 4.91 Å². The number of amides is 2. The fraction of sp³-hybridized carbons (Fsp3) is 0.150. The van der Waals surface area contributed by atoms with Crippen LogP contribution in [0.1, 0.15) is 11.1 Å². The zero-order valence-corrected chi connectivity index (χ0v) is 20.7. The van der Waals surface area contributed by atoms with Crippen LogP contribution in [0.15, 0.2) is 41.3 Å². The lowest BCUT2D eigenvalue weighted by Crippen LogP contribution is -2.33. The predicted octanol–water partition coefficient (Wildman–Crippen LogP) is 4.60. The van der Waals surface area contributed by atoms with Crippen molar-refractivity contribution >= 4 is 80.1 Å². The number of carboxylic acid groups (broad SMARTS) is 1. The molecule has 10 heteroatoms. The number of hydrogen-bond donors (Lipinski definition) is 1. The first kappa shape index (κ1) is 22.9. The minimum absolute atomic E-state index is 0.159. The maximum Gasteiger partial charge on any atom is 0.323 e. The molecule has 0 aromatic heterocycles. The van der Waals surface area contributed by atoms with Crippen molar-refractivity contribution in [3.63, 3.8) is 0 Å². The molecule has 0 spiro atoms. The van der Waals surface area contributed by atoms with Crippen molar-refractivity contribution in [1.82, 2.24) is 4.90 Å². The molecule has 7 nitrogen and oxygen atoms in total. The lowest BCUT2D eigenvalue weighted by atomic mass is 10.1. The van der Waals surface area contributed by atoms with E-state index in [1.165, 1.54) is 7.11 Å². The topological polar surface area (TPSA) is 93.1 Å². The Kier molecular flexibility index (Phi) is 7.63. The Bertz CT molecular complexity index is 1040. The van der Waals surface area contributed by atoms with Gasteiger partial charge in [-0.15, -0.1) is 0 Å². The van der Waals surface area contributed by atoms with Crippen LogP contribution in [-0.2, 0) is 16.2 Å². The summed E-state index contributed by atoms with van der Waals surface area (Å²) in [5, 5.41) is 8.26. The molecule has 1 aliphatic heterocycles. The van der Waals surface area contributed by atoms with Crippen molar-refractivity contribution in [3.8, 4) is 11.5 Å². The van der Waals surface area contributed by atoms with E-state index in [1.54, 1.807) is 18.2 Å². The van der Waals surface area contributed by atoms with Gasteiger partial charge in [0.25, 0.3) is 11.1 Å². The van der Waals surface area contributed by atoms with Crippen LogP contribution in [0.5, 0.6) is 11.5 Å². The van der Waals surface area contributed by atoms with Gasteiger partial charge in [0.15, 0.2) is 11.5 Å². The van der Waals surface area contributed by atoms with Gasteiger partial charge in [-0.2, -0.15) is 0 Å². The zero-order chi connectivity index (χ0) is 21.8. The first-order chi connectivity index (χ1) is 14.3. The highest BCUT2D eigenvalue weighted by molar-refractivity contribution is 14.1. The van der Waals surface area contributed by atoms with Crippen LogP contribution >= 0.6 is 56.9 Å². The van der Waals surface area contributed by atoms with Crippen LogP contribution < -0.4 is 9.47 Å². The molecule has 2 amide bonds. The Morgan fingerprint density at radius 1 is 1.20 bits per heavy atom. The van der Waals surface area contributed by atoms with Crippen molar-refractivity contribution in [2.45, 2.75) is 6.61 Å². The highest BCUT2D eigenvalue weighted by Gasteiger charge is 2.36. The number of aliphatic carboxylic acids is 1. The van der Waals surface area contributed by atoms with E-state index in [1.807, 2.05) is 24.3 Å². The van der Waals surface area contributed by atoms with Gasteiger partial charge in [0, 0.05) is 3.57 Å². The Balaban J connectivity index is 1.82. The smallest absolute Gasteiger partial charge is 0.323 e. The average molecular weight is 651 g/mol. The van der Waals surface area contributed by atoms with Gasteiger partial charge < -0.3 is 14.6 Å². The standard InChI is InChI=1S/C20H15I2NO6S/c1-28-15-7-12(8-16-19(26)23(9-17(24)25)20(27)30-16)6-14(22)18(15)29-10-11-2-4-13(21)5-3-11/h2-8H,9-10H2,1H3,(H,24,25)/b16-8+. The van der Waals surface area contributed by atoms with Gasteiger partial charge in [0.1, 0.15) is 13.2 Å². The molecule has 1 aliphatic rings. The molecule has 0 saturated carbocycles. The number of methoxy groups -OCH3 is 1. The third kappa shape index (κ3) is 5.46. The third-order valence-corrected chi connectivity index (χ3v) is 6.44. The van der Waals surface area contributed by atoms with Gasteiger partial charge >= 0.3 is 5.97 Å². The van der Waals surface area contributed by atoms with Gasteiger partial charge in [0.05, 0.1) is 15.6 Å². The number of halogens is 2. The summed E-state index contributed by atoms with van der Waals surface area (Å²) in [7, 11) is 1.52. The van der Waals surface area contributed by atoms with Gasteiger partial charge in [-0.05, 0) is 98.4 Å². The minimum Gasteiger partial charge on any atom is -0.493 e. The van der Waals surface area contributed by atoms with Crippen LogP contribution in [0, 0.1) is 7.14 Å². The number of imide groups is 1. The summed E-state index contributed by atoms with van der Waals surface area (Å²) >= 11 is 5.07. The van der Waals surface area contributed by atoms with E-state index in [0.29, 0.717) is 40.3 Å². The SMILES string of the molecule is COc1cc(/C=C2/SC(=O)N(CC(=O)O)C2=O)cc(I)c1OCc1ccc(I)cc1. The first-order valence-corrected chi connectivity index (χ1v) is 11.5. The van der Waals surface area contributed by atoms with E-state index in [9.17, 15) is 14.4 Å². The van der Waals surface area contributed by atoms with Gasteiger partial charge in [-0.3, -0.25) is 19.3 Å². The second-order valence-electron chi connectivity index (χ2n) is 6.11. The minimum atomic E-state index is -1.25. The number of benzene rings is 2. The number of nitrogens with zero attached hydrogens (tertiary/aromatic N) is 1. The molecule has 1 N–H and O–H groups in total. The number of carbonyl (C=O) groups excluding carboxylic acids is 2. The summed E-state index contributed by atoms with van der Waals surface area (Å²) in [5.41, 5.74) is 1.66. The lowest BCUT2D eigenvalue weighted by Gasteiger charge is -2.14. The first-order valence-electron chi connectivity index (χ1n) is 8.50. The van der Waals surface area contributed by atoms with Crippen molar-refractivity contribution in [1.29, 1.82) is 0 Å². The molecule has 1 heterocycles. The molecule has 0 bridgehead atoms. The van der Waals surface area contributed by atoms with Gasteiger partial charge in [-0.1, -0.05) is 12.1 Å². The molecule has 156 valence electrons. The average Bonchev–Trinajstić information content (AvgIpc) is 2.95. The van der Waals surface area contributed by atoms with E-state index in [2.05, 4.69) is 45.2 Å². The van der Waals surface area contributed by atoms with Gasteiger partial charge in [0.2, 0.25) is 0 Å². The van der Waals surface area contributed by atoms with E-state index in [4.69, 9.17) is 14.6 Å². The summed E-state index contributed by atoms with van der Waals surface area (Å²) < 4.78 is 13.3. The Morgan fingerprint density at radius 3 is 2.53 bits per heavy atom. The third-order valence-electron chi connectivity index (χ3n) is 4.01. The maximum atomic E-state index is 12.3. The number of ether oxygens (including phenoxy) is 2. The summed E-state index contributed by atoms with van der Waals surface area (Å²) in [6.45, 7) is -0.287. The van der Waals surface area contributed by atoms with Crippen LogP contribution in [0.4, 0.5) is 4.79 Å². The van der Waals surface area contributed by atoms with Crippen LogP contribution in [0.2, 0.25) is 0 Å². The highest BCUT2D eigenvalue weighted by Crippen LogP contribution is 2.37. The molecule has 0 radical (unpaired) electrons. The lowest BCUT2D eigenvalue weighted by molar-refractivity contribution is -0.140. The van der Waals surface area contributed by atoms with Crippen LogP contribution in [0.25, 0.3) is 6.08 Å². The number of hydrogen-bond acceptors (Lipinski definition) is 6. The molecule has 0 atom stereocenters. The van der Waals surface area contributed by atoms with Crippen LogP contribution in [-0.4, -0.2) is 40.8 Å². The summed E-state index contributed by atoms with van der Waals surface area (Å²) in [5.74, 6) is -0.805. The van der Waals surface area contributed by atoms with E-state index < -0.39 is 23.7 Å². The molecule has 1 saturated heterocycles. The number of thioether (sulfide) groups is 1. The Hall–Kier alpha value is -1.80. The van der Waals surface area contributed by atoms with Gasteiger partial charge in [-0.25, -0.2) is 0 Å². The summed E-state index contributed by atoms with van der Waals surface area (Å²) in [6.07, 6.45) is 1.54. The van der Waals surface area contributed by atoms with Crippen molar-refractivity contribution < 1.29 is 29.0 Å². The number of carbonyl (C=O) groups is 3. The fourth-order valence-corrected chi connectivity index (χ4v) is 4.60. The molecular formula is C20H15I2NO6S. The van der Waals surface area contributed by atoms with E-state index >= 15 is 0 Å². The molecule has 0 unspecified atom stereocenters. The van der Waals surface area contributed by atoms with Crippen molar-refractivity contribution in [2.75, 3.05) is 13.7 Å². The van der Waals surface area contributed by atoms with Crippen molar-refractivity contribution in [2.24, 2.45) is 0 Å². The number of carboxylic acids is 1. The molecule has 0 aliphatic carbocycles. The quantitative estimate of drug-likeness (QED) is 0.346. The summed E-state index contributed by atoms with van der Waals surface area (Å²) in [4.78, 5) is 36.0. The molecular weight excluding hydrogens is 636 g/mol. The Labute approximate surface area is 204 Å². The molecule has 2 aromatic rings. The second kappa shape index (κ2) is 10.0.